The summed E-state index contributed by atoms with van der Waals surface area (Å²) >= 11 is 2.80. The zero-order valence-corrected chi connectivity index (χ0v) is 25.1. The molecule has 0 spiro atoms. The van der Waals surface area contributed by atoms with Crippen LogP contribution in [0.1, 0.15) is 28.7 Å². The Balaban J connectivity index is 1.25. The van der Waals surface area contributed by atoms with Gasteiger partial charge in [0, 0.05) is 22.6 Å². The molecule has 10 heteroatoms. The second kappa shape index (κ2) is 13.4. The smallest absolute Gasteiger partial charge is 0.270 e. The van der Waals surface area contributed by atoms with Crippen LogP contribution < -0.4 is 11.1 Å². The highest BCUT2D eigenvalue weighted by Crippen LogP contribution is 2.27. The topological polar surface area (TPSA) is 139 Å². The number of hydrogen-bond donors (Lipinski definition) is 2. The third-order valence-electron chi connectivity index (χ3n) is 6.69. The molecule has 0 aliphatic heterocycles. The van der Waals surface area contributed by atoms with Crippen LogP contribution in [0.15, 0.2) is 104 Å². The van der Waals surface area contributed by atoms with Crippen molar-refractivity contribution < 1.29 is 0 Å². The van der Waals surface area contributed by atoms with Crippen LogP contribution in [-0.2, 0) is 0 Å². The lowest BCUT2D eigenvalue weighted by atomic mass is 10.1. The molecule has 1 aliphatic rings. The molecular weight excluding hydrogens is 577 g/mol. The highest BCUT2D eigenvalue weighted by Gasteiger charge is 2.15. The Labute approximate surface area is 257 Å². The molecule has 8 nitrogen and oxygen atoms in total. The first kappa shape index (κ1) is 29.6. The molecule has 4 aromatic rings. The Bertz CT molecular complexity index is 1830. The van der Waals surface area contributed by atoms with Gasteiger partial charge in [-0.05, 0) is 31.4 Å². The van der Waals surface area contributed by atoms with Gasteiger partial charge in [-0.2, -0.15) is 10.5 Å². The van der Waals surface area contributed by atoms with Crippen molar-refractivity contribution in [2.24, 2.45) is 0 Å². The van der Waals surface area contributed by atoms with E-state index in [4.69, 9.17) is 0 Å². The van der Waals surface area contributed by atoms with Gasteiger partial charge in [0.15, 0.2) is 10.3 Å². The molecule has 5 rings (SSSR count). The predicted molar refractivity (Wildman–Crippen MR) is 171 cm³/mol. The van der Waals surface area contributed by atoms with Gasteiger partial charge in [0.05, 0.1) is 11.4 Å². The molecule has 0 saturated carbocycles. The van der Waals surface area contributed by atoms with Crippen LogP contribution in [0.5, 0.6) is 0 Å². The van der Waals surface area contributed by atoms with E-state index in [2.05, 4.69) is 32.1 Å². The monoisotopic (exact) mass is 602 g/mol. The third kappa shape index (κ3) is 7.12. The summed E-state index contributed by atoms with van der Waals surface area (Å²) in [5, 5.41) is 20.0. The molecule has 0 radical (unpaired) electrons. The van der Waals surface area contributed by atoms with E-state index < -0.39 is 11.1 Å². The van der Waals surface area contributed by atoms with Crippen LogP contribution in [-0.4, -0.2) is 31.4 Å². The number of nitrogens with zero attached hydrogens (tertiary/aromatic N) is 4. The van der Waals surface area contributed by atoms with E-state index in [1.54, 1.807) is 0 Å². The van der Waals surface area contributed by atoms with E-state index in [-0.39, 0.29) is 11.1 Å². The van der Waals surface area contributed by atoms with Crippen LogP contribution in [0.2, 0.25) is 0 Å². The van der Waals surface area contributed by atoms with E-state index >= 15 is 0 Å². The van der Waals surface area contributed by atoms with Crippen molar-refractivity contribution in [3.63, 3.8) is 0 Å². The molecule has 212 valence electrons. The average molecular weight is 603 g/mol. The quantitative estimate of drug-likeness (QED) is 0.178. The van der Waals surface area contributed by atoms with Crippen LogP contribution in [0, 0.1) is 36.5 Å². The van der Waals surface area contributed by atoms with E-state index in [1.165, 1.54) is 23.5 Å². The first-order valence-corrected chi connectivity index (χ1v) is 15.4. The van der Waals surface area contributed by atoms with Crippen molar-refractivity contribution in [1.29, 1.82) is 10.5 Å². The van der Waals surface area contributed by atoms with E-state index in [1.807, 2.05) is 86.7 Å². The molecule has 0 saturated heterocycles. The van der Waals surface area contributed by atoms with Crippen molar-refractivity contribution >= 4 is 23.5 Å². The van der Waals surface area contributed by atoms with Gasteiger partial charge in [-0.25, -0.2) is 9.97 Å². The highest BCUT2D eigenvalue weighted by atomic mass is 32.2. The summed E-state index contributed by atoms with van der Waals surface area (Å²) in [5.41, 5.74) is 5.56. The van der Waals surface area contributed by atoms with Gasteiger partial charge >= 0.3 is 0 Å². The van der Waals surface area contributed by atoms with Crippen LogP contribution in [0.3, 0.4) is 0 Å². The number of aryl methyl sites for hydroxylation is 2. The molecular formula is C33H26N6O2S2. The first-order chi connectivity index (χ1) is 20.8. The lowest BCUT2D eigenvalue weighted by molar-refractivity contribution is 0.936. The molecule has 2 aromatic heterocycles. The fourth-order valence-electron chi connectivity index (χ4n) is 4.32. The molecule has 0 bridgehead atoms. The van der Waals surface area contributed by atoms with E-state index in [9.17, 15) is 20.1 Å². The number of nitrogens with one attached hydrogen (secondary N) is 2. The number of aromatic nitrogens is 4. The van der Waals surface area contributed by atoms with Crippen LogP contribution in [0.4, 0.5) is 0 Å². The van der Waals surface area contributed by atoms with Gasteiger partial charge in [-0.3, -0.25) is 9.59 Å². The summed E-state index contributed by atoms with van der Waals surface area (Å²) in [6.45, 7) is 3.95. The molecule has 1 aliphatic carbocycles. The number of H-pyrrole nitrogens is 2. The lowest BCUT2D eigenvalue weighted by Crippen LogP contribution is -2.15. The van der Waals surface area contributed by atoms with Gasteiger partial charge in [0.2, 0.25) is 0 Å². The second-order valence-corrected chi connectivity index (χ2v) is 11.8. The van der Waals surface area contributed by atoms with Gasteiger partial charge < -0.3 is 9.97 Å². The fraction of sp³-hybridized carbons (Fsp3) is 0.152. The van der Waals surface area contributed by atoms with Gasteiger partial charge in [-0.1, -0.05) is 107 Å². The second-order valence-electron chi connectivity index (χ2n) is 9.85. The SMILES string of the molecule is Cc1ccc(-c2nc(SCC3=CCC=C(CSc4nc(-c5ccc(C)cc5)c(C#N)c(=O)[nH]4)C=C3)[nH]c(=O)c2C#N)cc1. The number of benzene rings is 2. The summed E-state index contributed by atoms with van der Waals surface area (Å²) in [6, 6.07) is 19.1. The Morgan fingerprint density at radius 3 is 1.47 bits per heavy atom. The zero-order valence-electron chi connectivity index (χ0n) is 23.5. The number of rotatable bonds is 8. The summed E-state index contributed by atoms with van der Waals surface area (Å²) in [7, 11) is 0. The maximum absolute atomic E-state index is 12.6. The summed E-state index contributed by atoms with van der Waals surface area (Å²) in [5.74, 6) is 1.16. The Hall–Kier alpha value is -4.90. The molecule has 2 N–H and O–H groups in total. The Kier molecular flexibility index (Phi) is 9.21. The van der Waals surface area contributed by atoms with E-state index in [0.717, 1.165) is 39.8 Å². The fourth-order valence-corrected chi connectivity index (χ4v) is 6.00. The third-order valence-corrected chi connectivity index (χ3v) is 8.58. The van der Waals surface area contributed by atoms with Gasteiger partial charge in [0.1, 0.15) is 23.3 Å². The largest absolute Gasteiger partial charge is 0.300 e. The molecule has 2 aromatic carbocycles. The van der Waals surface area contributed by atoms with Crippen molar-refractivity contribution in [3.8, 4) is 34.7 Å². The molecule has 2 heterocycles. The Morgan fingerprint density at radius 2 is 1.09 bits per heavy atom. The predicted octanol–water partition coefficient (Wildman–Crippen LogP) is 6.24. The van der Waals surface area contributed by atoms with Crippen molar-refractivity contribution in [1.82, 2.24) is 19.9 Å². The number of allylic oxidation sites excluding steroid dienone is 4. The standard InChI is InChI=1S/C33H26N6O2S2/c1-20-6-12-24(13-7-20)28-26(16-34)30(40)38-32(36-28)42-18-22-4-3-5-23(11-10-22)19-43-33-37-29(27(17-35)31(41)39-33)25-14-8-21(2)9-15-25/h4-15H,3,18-19H2,1-2H3,(H,36,38,40)(H,37,39,41). The zero-order chi connectivity index (χ0) is 30.3. The van der Waals surface area contributed by atoms with Crippen molar-refractivity contribution in [3.05, 3.63) is 127 Å². The van der Waals surface area contributed by atoms with Gasteiger partial charge in [-0.15, -0.1) is 0 Å². The molecule has 0 atom stereocenters. The molecule has 0 unspecified atom stereocenters. The summed E-state index contributed by atoms with van der Waals surface area (Å²) in [6.07, 6.45) is 9.00. The number of hydrogen-bond acceptors (Lipinski definition) is 8. The van der Waals surface area contributed by atoms with Crippen LogP contribution >= 0.6 is 23.5 Å². The lowest BCUT2D eigenvalue weighted by Gasteiger charge is -2.08. The summed E-state index contributed by atoms with van der Waals surface area (Å²) < 4.78 is 0. The number of nitriles is 2. The first-order valence-electron chi connectivity index (χ1n) is 13.4. The normalized spacial score (nSPS) is 12.6. The number of aromatic amines is 2. The molecule has 43 heavy (non-hydrogen) atoms. The molecule has 0 amide bonds. The summed E-state index contributed by atoms with van der Waals surface area (Å²) in [4.78, 5) is 39.9. The van der Waals surface area contributed by atoms with E-state index in [0.29, 0.717) is 33.2 Å². The van der Waals surface area contributed by atoms with Crippen molar-refractivity contribution in [2.75, 3.05) is 11.5 Å². The minimum Gasteiger partial charge on any atom is -0.300 e. The van der Waals surface area contributed by atoms with Crippen LogP contribution in [0.25, 0.3) is 22.5 Å². The highest BCUT2D eigenvalue weighted by molar-refractivity contribution is 7.99. The van der Waals surface area contributed by atoms with Crippen molar-refractivity contribution in [2.45, 2.75) is 30.6 Å². The maximum Gasteiger partial charge on any atom is 0.270 e. The molecule has 0 fully saturated rings. The maximum atomic E-state index is 12.6. The minimum atomic E-state index is -0.457. The average Bonchev–Trinajstić information content (AvgIpc) is 3.24. The van der Waals surface area contributed by atoms with Gasteiger partial charge in [0.25, 0.3) is 11.1 Å². The Morgan fingerprint density at radius 1 is 0.698 bits per heavy atom. The number of thioether (sulfide) groups is 2. The minimum absolute atomic E-state index is 0.00259.